The average molecular weight is 279 g/mol. The molecular weight excluding hydrogens is 266 g/mol. The van der Waals surface area contributed by atoms with Crippen LogP contribution in [0.5, 0.6) is 11.6 Å². The van der Waals surface area contributed by atoms with Gasteiger partial charge in [0.15, 0.2) is 0 Å². The van der Waals surface area contributed by atoms with Crippen molar-refractivity contribution in [3.8, 4) is 17.4 Å². The van der Waals surface area contributed by atoms with Gasteiger partial charge in [0, 0.05) is 23.2 Å². The molecule has 104 valence electrons. The second-order valence-electron chi connectivity index (χ2n) is 4.86. The molecule has 0 unspecified atom stereocenters. The number of aromatic nitrogens is 3. The number of benzene rings is 1. The highest BCUT2D eigenvalue weighted by Gasteiger charge is 2.12. The summed E-state index contributed by atoms with van der Waals surface area (Å²) in [6, 6.07) is 11.3. The van der Waals surface area contributed by atoms with Crippen molar-refractivity contribution in [2.24, 2.45) is 0 Å². The maximum atomic E-state index is 10.4. The Morgan fingerprint density at radius 3 is 2.95 bits per heavy atom. The van der Waals surface area contributed by atoms with Crippen LogP contribution in [0.1, 0.15) is 0 Å². The fourth-order valence-electron chi connectivity index (χ4n) is 2.53. The van der Waals surface area contributed by atoms with Gasteiger partial charge in [0.05, 0.1) is 18.1 Å². The van der Waals surface area contributed by atoms with Crippen LogP contribution in [0.4, 0.5) is 0 Å². The summed E-state index contributed by atoms with van der Waals surface area (Å²) in [5.74, 6) is 1.55. The van der Waals surface area contributed by atoms with E-state index in [9.17, 15) is 5.11 Å². The van der Waals surface area contributed by atoms with Crippen LogP contribution in [0.25, 0.3) is 27.6 Å². The lowest BCUT2D eigenvalue weighted by atomic mass is 10.2. The molecule has 0 bridgehead atoms. The minimum absolute atomic E-state index is 0.159. The number of fused-ring (bicyclic) bond motifs is 2. The number of methoxy groups -OCH3 is 1. The molecule has 0 spiro atoms. The summed E-state index contributed by atoms with van der Waals surface area (Å²) < 4.78 is 6.88. The number of pyridine rings is 1. The fourth-order valence-corrected chi connectivity index (χ4v) is 2.53. The van der Waals surface area contributed by atoms with Gasteiger partial charge >= 0.3 is 0 Å². The van der Waals surface area contributed by atoms with E-state index in [-0.39, 0.29) is 5.88 Å². The highest BCUT2D eigenvalue weighted by atomic mass is 16.5. The minimum atomic E-state index is 0.159. The first-order chi connectivity index (χ1) is 10.3. The quantitative estimate of drug-likeness (QED) is 0.592. The molecule has 0 aliphatic heterocycles. The number of hydrogen-bond acceptors (Lipinski definition) is 3. The van der Waals surface area contributed by atoms with E-state index in [0.717, 1.165) is 21.8 Å². The Labute approximate surface area is 120 Å². The first-order valence-corrected chi connectivity index (χ1v) is 6.59. The van der Waals surface area contributed by atoms with Crippen molar-refractivity contribution < 1.29 is 9.84 Å². The average Bonchev–Trinajstić information content (AvgIpc) is 3.11. The van der Waals surface area contributed by atoms with Gasteiger partial charge in [-0.3, -0.25) is 4.57 Å². The molecule has 0 radical (unpaired) electrons. The molecule has 0 saturated carbocycles. The Morgan fingerprint density at radius 2 is 2.10 bits per heavy atom. The molecule has 3 heterocycles. The molecule has 4 rings (SSSR count). The first kappa shape index (κ1) is 11.8. The van der Waals surface area contributed by atoms with Crippen molar-refractivity contribution in [3.63, 3.8) is 0 Å². The van der Waals surface area contributed by atoms with Gasteiger partial charge in [-0.2, -0.15) is 0 Å². The van der Waals surface area contributed by atoms with Crippen molar-refractivity contribution in [1.29, 1.82) is 0 Å². The van der Waals surface area contributed by atoms with Gasteiger partial charge in [0.25, 0.3) is 0 Å². The molecule has 0 amide bonds. The van der Waals surface area contributed by atoms with Gasteiger partial charge in [0.2, 0.25) is 5.88 Å². The van der Waals surface area contributed by atoms with Crippen LogP contribution < -0.4 is 4.74 Å². The summed E-state index contributed by atoms with van der Waals surface area (Å²) in [4.78, 5) is 7.65. The number of rotatable bonds is 2. The normalized spacial score (nSPS) is 11.3. The van der Waals surface area contributed by atoms with Crippen LogP contribution in [0.15, 0.2) is 48.8 Å². The van der Waals surface area contributed by atoms with Gasteiger partial charge in [0.1, 0.15) is 11.6 Å². The third kappa shape index (κ3) is 1.74. The molecule has 0 fully saturated rings. The van der Waals surface area contributed by atoms with E-state index in [2.05, 4.69) is 9.97 Å². The molecule has 0 aliphatic carbocycles. The summed E-state index contributed by atoms with van der Waals surface area (Å²) in [5, 5.41) is 12.1. The Kier molecular flexibility index (Phi) is 2.41. The smallest absolute Gasteiger partial charge is 0.205 e. The van der Waals surface area contributed by atoms with Gasteiger partial charge in [-0.25, -0.2) is 4.98 Å². The van der Waals surface area contributed by atoms with Gasteiger partial charge in [-0.05, 0) is 36.4 Å². The van der Waals surface area contributed by atoms with E-state index in [1.807, 2.05) is 48.8 Å². The topological polar surface area (TPSA) is 63.1 Å². The SMILES string of the molecule is COc1ccc2cn(-c3ccc4[nH]ccc4n3)c(O)c2c1. The van der Waals surface area contributed by atoms with Gasteiger partial charge in [-0.15, -0.1) is 0 Å². The lowest BCUT2D eigenvalue weighted by Gasteiger charge is -2.04. The molecule has 1 aromatic carbocycles. The number of H-pyrrole nitrogens is 1. The minimum Gasteiger partial charge on any atom is -0.497 e. The van der Waals surface area contributed by atoms with Crippen molar-refractivity contribution in [2.75, 3.05) is 7.11 Å². The maximum absolute atomic E-state index is 10.4. The van der Waals surface area contributed by atoms with E-state index in [0.29, 0.717) is 11.6 Å². The van der Waals surface area contributed by atoms with Gasteiger partial charge in [-0.1, -0.05) is 0 Å². The summed E-state index contributed by atoms with van der Waals surface area (Å²) in [6.45, 7) is 0. The van der Waals surface area contributed by atoms with Crippen molar-refractivity contribution in [3.05, 3.63) is 48.8 Å². The van der Waals surface area contributed by atoms with E-state index in [1.165, 1.54) is 0 Å². The van der Waals surface area contributed by atoms with Crippen molar-refractivity contribution in [2.45, 2.75) is 0 Å². The summed E-state index contributed by atoms with van der Waals surface area (Å²) >= 11 is 0. The second kappa shape index (κ2) is 4.28. The van der Waals surface area contributed by atoms with Crippen LogP contribution in [0, 0.1) is 0 Å². The van der Waals surface area contributed by atoms with Crippen LogP contribution >= 0.6 is 0 Å². The Morgan fingerprint density at radius 1 is 1.19 bits per heavy atom. The zero-order valence-electron chi connectivity index (χ0n) is 11.4. The number of hydrogen-bond donors (Lipinski definition) is 2. The maximum Gasteiger partial charge on any atom is 0.205 e. The van der Waals surface area contributed by atoms with Crippen molar-refractivity contribution >= 4 is 21.8 Å². The molecule has 3 aromatic heterocycles. The number of aromatic hydroxyl groups is 1. The molecule has 2 N–H and O–H groups in total. The number of nitrogens with one attached hydrogen (secondary N) is 1. The predicted molar refractivity (Wildman–Crippen MR) is 81.1 cm³/mol. The molecular formula is C16H13N3O2. The van der Waals surface area contributed by atoms with E-state index < -0.39 is 0 Å². The molecule has 5 heteroatoms. The second-order valence-corrected chi connectivity index (χ2v) is 4.86. The van der Waals surface area contributed by atoms with E-state index >= 15 is 0 Å². The van der Waals surface area contributed by atoms with Crippen molar-refractivity contribution in [1.82, 2.24) is 14.5 Å². The molecule has 0 aliphatic rings. The van der Waals surface area contributed by atoms with Gasteiger partial charge < -0.3 is 14.8 Å². The number of ether oxygens (including phenoxy) is 1. The standard InChI is InChI=1S/C16H13N3O2/c1-21-11-3-2-10-9-19(16(20)12(10)8-11)15-5-4-13-14(18-15)6-7-17-13/h2-9,17,20H,1H3. The molecule has 5 nitrogen and oxygen atoms in total. The lowest BCUT2D eigenvalue weighted by molar-refractivity contribution is 0.414. The third-order valence-electron chi connectivity index (χ3n) is 3.63. The molecule has 21 heavy (non-hydrogen) atoms. The highest BCUT2D eigenvalue weighted by molar-refractivity contribution is 5.90. The monoisotopic (exact) mass is 279 g/mol. The van der Waals surface area contributed by atoms with E-state index in [4.69, 9.17) is 4.74 Å². The first-order valence-electron chi connectivity index (χ1n) is 6.59. The largest absolute Gasteiger partial charge is 0.497 e. The van der Waals surface area contributed by atoms with Crippen LogP contribution in [-0.2, 0) is 0 Å². The summed E-state index contributed by atoms with van der Waals surface area (Å²) in [6.07, 6.45) is 3.71. The van der Waals surface area contributed by atoms with E-state index in [1.54, 1.807) is 11.7 Å². The Bertz CT molecular complexity index is 953. The molecule has 4 aromatic rings. The zero-order valence-corrected chi connectivity index (χ0v) is 11.4. The molecule has 0 atom stereocenters. The predicted octanol–water partition coefficient (Wildman–Crippen LogP) is 3.22. The van der Waals surface area contributed by atoms with Crippen LogP contribution in [0.3, 0.4) is 0 Å². The number of nitrogens with zero attached hydrogens (tertiary/aromatic N) is 2. The third-order valence-corrected chi connectivity index (χ3v) is 3.63. The summed E-state index contributed by atoms with van der Waals surface area (Å²) in [7, 11) is 1.61. The zero-order chi connectivity index (χ0) is 14.4. The van der Waals surface area contributed by atoms with Crippen LogP contribution in [-0.4, -0.2) is 26.8 Å². The Balaban J connectivity index is 1.94. The lowest BCUT2D eigenvalue weighted by Crippen LogP contribution is -1.94. The fraction of sp³-hybridized carbons (Fsp3) is 0.0625. The highest BCUT2D eigenvalue weighted by Crippen LogP contribution is 2.32. The number of aromatic amines is 1. The summed E-state index contributed by atoms with van der Waals surface area (Å²) in [5.41, 5.74) is 1.83. The Hall–Kier alpha value is -2.95. The molecule has 0 saturated heterocycles. The van der Waals surface area contributed by atoms with Crippen LogP contribution in [0.2, 0.25) is 0 Å².